The standard InChI is InChI=1S/C66H71F3N12O4/c1-3-36-9-5-10-38-11-6-13-47(52(36)38)56-54(68)58-49(26-70-56)61(78-28-39-16-17-40(29-78)72-39)76-63(74-58)84-34-65-21-8-22-81(65)60(51(67)25-65)46-20-15-37(4-2)53-45(46)12-7-14-48(53)57-55(69)59-50(27-71-57)62(79-30-41-18-19-42(31-79)73-41)77-64(75-59)85-35-66-23-43(82)32-80(66)33-44(83)24-66/h5-7,9-15,20,26-27,39-44,51,60,72-73,82-83H,3-4,8,16-19,21-25,28-35H2,1-2H3/t39?,40?,41?,42?,43-,44+,51-,60?,65+,66?/m1/s1. The molecule has 0 radical (unpaired) electrons. The first-order valence-corrected chi connectivity index (χ1v) is 31.0. The topological polar surface area (TPSA) is 173 Å². The molecule has 19 heteroatoms. The van der Waals surface area contributed by atoms with Crippen LogP contribution in [0.15, 0.2) is 79.1 Å². The Morgan fingerprint density at radius 2 is 1.13 bits per heavy atom. The van der Waals surface area contributed by atoms with Gasteiger partial charge in [-0.1, -0.05) is 80.6 Å². The number of ether oxygens (including phenoxy) is 2. The highest BCUT2D eigenvalue weighted by Gasteiger charge is 2.56. The molecule has 8 aromatic rings. The van der Waals surface area contributed by atoms with E-state index < -0.39 is 47.1 Å². The number of halogens is 3. The summed E-state index contributed by atoms with van der Waals surface area (Å²) in [5.74, 6) is 0.00621. The Hall–Kier alpha value is -6.87. The lowest BCUT2D eigenvalue weighted by Crippen LogP contribution is -2.51. The zero-order valence-electron chi connectivity index (χ0n) is 48.1. The van der Waals surface area contributed by atoms with E-state index in [0.717, 1.165) is 76.8 Å². The molecule has 4 aromatic carbocycles. The van der Waals surface area contributed by atoms with Gasteiger partial charge in [0, 0.05) is 93.4 Å². The molecule has 8 aliphatic heterocycles. The summed E-state index contributed by atoms with van der Waals surface area (Å²) < 4.78 is 66.4. The lowest BCUT2D eigenvalue weighted by atomic mass is 9.88. The zero-order chi connectivity index (χ0) is 57.5. The van der Waals surface area contributed by atoms with Gasteiger partial charge < -0.3 is 40.1 Å². The summed E-state index contributed by atoms with van der Waals surface area (Å²) >= 11 is 0. The summed E-state index contributed by atoms with van der Waals surface area (Å²) in [6.07, 6.45) is 9.25. The number of aliphatic hydroxyl groups excluding tert-OH is 2. The maximum atomic E-state index is 18.0. The van der Waals surface area contributed by atoms with Gasteiger partial charge in [0.25, 0.3) is 0 Å². The molecule has 4 bridgehead atoms. The molecule has 85 heavy (non-hydrogen) atoms. The third-order valence-corrected chi connectivity index (χ3v) is 20.7. The minimum absolute atomic E-state index is 0.0316. The van der Waals surface area contributed by atoms with E-state index in [1.807, 2.05) is 54.6 Å². The van der Waals surface area contributed by atoms with Crippen LogP contribution >= 0.6 is 0 Å². The van der Waals surface area contributed by atoms with Crippen molar-refractivity contribution in [3.05, 3.63) is 107 Å². The van der Waals surface area contributed by atoms with E-state index in [0.29, 0.717) is 105 Å². The van der Waals surface area contributed by atoms with E-state index in [9.17, 15) is 10.2 Å². The van der Waals surface area contributed by atoms with Crippen LogP contribution in [0.4, 0.5) is 24.8 Å². The number of aryl methyl sites for hydroxylation is 2. The molecule has 8 saturated heterocycles. The van der Waals surface area contributed by atoms with Crippen molar-refractivity contribution in [1.29, 1.82) is 0 Å². The number of nitrogens with zero attached hydrogens (tertiary/aromatic N) is 10. The molecule has 8 aliphatic rings. The summed E-state index contributed by atoms with van der Waals surface area (Å²) in [6, 6.07) is 22.5. The smallest absolute Gasteiger partial charge is 0.319 e. The number of β-amino-alcohol motifs (C(OH)–C–C–N with tert-alkyl or cyclic N) is 2. The highest BCUT2D eigenvalue weighted by molar-refractivity contribution is 6.03. The molecule has 10 atom stereocenters. The maximum absolute atomic E-state index is 18.0. The van der Waals surface area contributed by atoms with Gasteiger partial charge in [0.05, 0.1) is 40.1 Å². The molecule has 440 valence electrons. The van der Waals surface area contributed by atoms with Crippen LogP contribution in [0.3, 0.4) is 0 Å². The van der Waals surface area contributed by atoms with Gasteiger partial charge in [0.2, 0.25) is 0 Å². The number of anilines is 2. The van der Waals surface area contributed by atoms with Crippen LogP contribution in [0.5, 0.6) is 12.0 Å². The van der Waals surface area contributed by atoms with E-state index in [1.165, 1.54) is 0 Å². The fourth-order valence-electron chi connectivity index (χ4n) is 16.9. The van der Waals surface area contributed by atoms with Gasteiger partial charge in [-0.15, -0.1) is 0 Å². The number of alkyl halides is 1. The number of fused-ring (bicyclic) bond motifs is 10. The molecule has 0 aliphatic carbocycles. The number of benzene rings is 4. The van der Waals surface area contributed by atoms with Crippen molar-refractivity contribution in [2.45, 2.75) is 144 Å². The fourth-order valence-corrected chi connectivity index (χ4v) is 16.9. The van der Waals surface area contributed by atoms with Crippen molar-refractivity contribution < 1.29 is 32.9 Å². The third-order valence-electron chi connectivity index (χ3n) is 20.7. The lowest BCUT2D eigenvalue weighted by Gasteiger charge is -2.35. The average molecular weight is 1150 g/mol. The minimum atomic E-state index is -1.27. The Bertz CT molecular complexity index is 3950. The lowest BCUT2D eigenvalue weighted by molar-refractivity contribution is 0.0832. The van der Waals surface area contributed by atoms with Crippen LogP contribution in [0.25, 0.3) is 65.9 Å². The van der Waals surface area contributed by atoms with Gasteiger partial charge in [0.15, 0.2) is 11.6 Å². The summed E-state index contributed by atoms with van der Waals surface area (Å²) in [7, 11) is 0. The fraction of sp³-hybridized carbons (Fsp3) is 0.485. The summed E-state index contributed by atoms with van der Waals surface area (Å²) in [5.41, 5.74) is 3.44. The Labute approximate surface area is 491 Å². The first kappa shape index (κ1) is 53.6. The highest BCUT2D eigenvalue weighted by atomic mass is 19.1. The van der Waals surface area contributed by atoms with E-state index in [-0.39, 0.29) is 78.2 Å². The number of nitrogens with one attached hydrogen (secondary N) is 2. The van der Waals surface area contributed by atoms with Gasteiger partial charge >= 0.3 is 12.0 Å². The molecule has 0 amide bonds. The quantitative estimate of drug-likeness (QED) is 0.0861. The van der Waals surface area contributed by atoms with E-state index in [1.54, 1.807) is 12.4 Å². The molecular weight excluding hydrogens is 1080 g/mol. The molecule has 6 unspecified atom stereocenters. The SMILES string of the molecule is CCc1cccc2cccc(-c3ncc4c(N5CC6CCC(C5)N6)nc(OC[C@@]56CCCN5C(c5ccc(CC)c7c(-c8ncc9c(N%10CC%11CCC(C%10)N%11)nc(OCC%10%11C[C@H](O)CN%10C[C@H](O)C%11)nc9c8F)cccc57)[C@H](F)C6)nc4c3F)c12. The third kappa shape index (κ3) is 8.82. The zero-order valence-corrected chi connectivity index (χ0v) is 48.1. The van der Waals surface area contributed by atoms with Crippen LogP contribution < -0.4 is 29.9 Å². The minimum Gasteiger partial charge on any atom is -0.461 e. The van der Waals surface area contributed by atoms with Crippen molar-refractivity contribution in [2.24, 2.45) is 0 Å². The number of hydrogen-bond donors (Lipinski definition) is 4. The number of pyridine rings is 2. The first-order chi connectivity index (χ1) is 41.4. The van der Waals surface area contributed by atoms with Crippen molar-refractivity contribution in [1.82, 2.24) is 50.3 Å². The molecule has 8 fully saturated rings. The second-order valence-electron chi connectivity index (χ2n) is 25.8. The molecule has 16 nitrogen and oxygen atoms in total. The van der Waals surface area contributed by atoms with E-state index >= 15 is 13.2 Å². The van der Waals surface area contributed by atoms with Gasteiger partial charge in [-0.25, -0.2) is 13.2 Å². The van der Waals surface area contributed by atoms with Gasteiger partial charge in [-0.2, -0.15) is 19.9 Å². The Kier molecular flexibility index (Phi) is 13.0. The number of piperazine rings is 2. The second kappa shape index (κ2) is 20.7. The monoisotopic (exact) mass is 1150 g/mol. The number of aromatic nitrogens is 6. The van der Waals surface area contributed by atoms with Crippen molar-refractivity contribution in [3.63, 3.8) is 0 Å². The van der Waals surface area contributed by atoms with Crippen LogP contribution in [-0.2, 0) is 12.8 Å². The second-order valence-corrected chi connectivity index (χ2v) is 25.8. The number of rotatable bonds is 13. The normalized spacial score (nSPS) is 29.1. The molecule has 4 N–H and O–H groups in total. The summed E-state index contributed by atoms with van der Waals surface area (Å²) in [5, 5.41) is 33.5. The van der Waals surface area contributed by atoms with Gasteiger partial charge in [-0.3, -0.25) is 19.8 Å². The summed E-state index contributed by atoms with van der Waals surface area (Å²) in [6.45, 7) is 8.72. The Morgan fingerprint density at radius 3 is 1.71 bits per heavy atom. The van der Waals surface area contributed by atoms with Crippen LogP contribution in [-0.4, -0.2) is 163 Å². The molecular formula is C66H71F3N12O4. The van der Waals surface area contributed by atoms with Crippen LogP contribution in [0.1, 0.15) is 94.4 Å². The van der Waals surface area contributed by atoms with Crippen molar-refractivity contribution in [2.75, 3.05) is 68.8 Å². The maximum Gasteiger partial charge on any atom is 0.319 e. The van der Waals surface area contributed by atoms with E-state index in [2.05, 4.69) is 56.2 Å². The number of hydrogen-bond acceptors (Lipinski definition) is 16. The highest BCUT2D eigenvalue weighted by Crippen LogP contribution is 2.53. The van der Waals surface area contributed by atoms with E-state index in [4.69, 9.17) is 39.4 Å². The molecule has 0 saturated carbocycles. The molecule has 12 heterocycles. The van der Waals surface area contributed by atoms with Crippen molar-refractivity contribution in [3.8, 4) is 34.5 Å². The summed E-state index contributed by atoms with van der Waals surface area (Å²) in [4.78, 5) is 38.3. The van der Waals surface area contributed by atoms with Gasteiger partial charge in [-0.05, 0) is 109 Å². The average Bonchev–Trinajstić information content (AvgIpc) is 2.36. The predicted octanol–water partition coefficient (Wildman–Crippen LogP) is 8.93. The molecule has 4 aromatic heterocycles. The first-order valence-electron chi connectivity index (χ1n) is 31.0. The van der Waals surface area contributed by atoms with Crippen LogP contribution in [0, 0.1) is 11.6 Å². The molecule has 0 spiro atoms. The molecule has 16 rings (SSSR count). The largest absolute Gasteiger partial charge is 0.461 e. The predicted molar refractivity (Wildman–Crippen MR) is 321 cm³/mol. The Morgan fingerprint density at radius 1 is 0.600 bits per heavy atom. The Balaban J connectivity index is 0.746. The van der Waals surface area contributed by atoms with Crippen molar-refractivity contribution >= 4 is 55.0 Å². The van der Waals surface area contributed by atoms with Gasteiger partial charge in [0.1, 0.15) is 53.4 Å². The van der Waals surface area contributed by atoms with Crippen LogP contribution in [0.2, 0.25) is 0 Å². The number of aliphatic hydroxyl groups is 2.